The number of aryl methyl sites for hydroxylation is 1. The number of halogens is 2. The molecule has 0 spiro atoms. The highest BCUT2D eigenvalue weighted by molar-refractivity contribution is 6.46. The molecule has 168 valence electrons. The van der Waals surface area contributed by atoms with E-state index in [1.54, 1.807) is 36.4 Å². The van der Waals surface area contributed by atoms with Crippen LogP contribution < -0.4 is 15.0 Å². The van der Waals surface area contributed by atoms with Crippen LogP contribution in [0.4, 0.5) is 15.8 Å². The SMILES string of the molecule is Cc1ccc(Cl)cc1NC1=C(c2ccc(OC(C)C)cc2)C(=O)N(c2cccc(F)c2)C1=O. The highest BCUT2D eigenvalue weighted by Gasteiger charge is 2.40. The van der Waals surface area contributed by atoms with Crippen LogP contribution in [0, 0.1) is 12.7 Å². The van der Waals surface area contributed by atoms with Crippen molar-refractivity contribution in [2.75, 3.05) is 10.2 Å². The van der Waals surface area contributed by atoms with Gasteiger partial charge in [-0.1, -0.05) is 35.9 Å². The predicted molar refractivity (Wildman–Crippen MR) is 128 cm³/mol. The van der Waals surface area contributed by atoms with E-state index in [1.807, 2.05) is 26.8 Å². The zero-order valence-electron chi connectivity index (χ0n) is 18.4. The van der Waals surface area contributed by atoms with Gasteiger partial charge in [-0.25, -0.2) is 9.29 Å². The molecule has 1 heterocycles. The van der Waals surface area contributed by atoms with Crippen molar-refractivity contribution in [3.05, 3.63) is 94.4 Å². The van der Waals surface area contributed by atoms with Crippen molar-refractivity contribution in [2.24, 2.45) is 0 Å². The summed E-state index contributed by atoms with van der Waals surface area (Å²) in [5, 5.41) is 3.58. The molecule has 0 saturated heterocycles. The maximum Gasteiger partial charge on any atom is 0.282 e. The maximum absolute atomic E-state index is 13.9. The first-order valence-electron chi connectivity index (χ1n) is 10.4. The van der Waals surface area contributed by atoms with Gasteiger partial charge in [-0.15, -0.1) is 0 Å². The fourth-order valence-corrected chi connectivity index (χ4v) is 3.77. The Bertz CT molecular complexity index is 1270. The van der Waals surface area contributed by atoms with Crippen molar-refractivity contribution in [3.8, 4) is 5.75 Å². The van der Waals surface area contributed by atoms with Crippen LogP contribution in [0.3, 0.4) is 0 Å². The third-order valence-corrected chi connectivity index (χ3v) is 5.36. The van der Waals surface area contributed by atoms with Crippen LogP contribution in [0.15, 0.2) is 72.4 Å². The molecule has 33 heavy (non-hydrogen) atoms. The highest BCUT2D eigenvalue weighted by atomic mass is 35.5. The smallest absolute Gasteiger partial charge is 0.282 e. The standard InChI is InChI=1S/C26H22ClFN2O3/c1-15(2)33-21-11-8-17(9-12-21)23-24(29-22-13-18(27)10-7-16(22)3)26(32)30(25(23)31)20-6-4-5-19(28)14-20/h4-15,29H,1-3H3. The maximum atomic E-state index is 13.9. The first-order valence-corrected chi connectivity index (χ1v) is 10.8. The Kier molecular flexibility index (Phi) is 6.20. The second-order valence-electron chi connectivity index (χ2n) is 7.95. The topological polar surface area (TPSA) is 58.6 Å². The molecule has 3 aromatic carbocycles. The van der Waals surface area contributed by atoms with Crippen LogP contribution >= 0.6 is 11.6 Å². The summed E-state index contributed by atoms with van der Waals surface area (Å²) in [6.07, 6.45) is -0.00347. The van der Waals surface area contributed by atoms with Crippen molar-refractivity contribution < 1.29 is 18.7 Å². The molecule has 0 bridgehead atoms. The number of hydrogen-bond acceptors (Lipinski definition) is 4. The van der Waals surface area contributed by atoms with Crippen LogP contribution in [0.25, 0.3) is 5.57 Å². The third-order valence-electron chi connectivity index (χ3n) is 5.12. The Labute approximate surface area is 196 Å². The molecule has 3 aromatic rings. The van der Waals surface area contributed by atoms with Crippen molar-refractivity contribution >= 4 is 40.4 Å². The molecule has 0 aromatic heterocycles. The van der Waals surface area contributed by atoms with E-state index >= 15 is 0 Å². The second-order valence-corrected chi connectivity index (χ2v) is 8.39. The van der Waals surface area contributed by atoms with Crippen LogP contribution in [-0.4, -0.2) is 17.9 Å². The average Bonchev–Trinajstić information content (AvgIpc) is 3.00. The van der Waals surface area contributed by atoms with Crippen molar-refractivity contribution in [2.45, 2.75) is 26.9 Å². The Balaban J connectivity index is 1.81. The number of imide groups is 1. The fourth-order valence-electron chi connectivity index (χ4n) is 3.60. The van der Waals surface area contributed by atoms with E-state index < -0.39 is 17.6 Å². The van der Waals surface area contributed by atoms with E-state index in [2.05, 4.69) is 5.32 Å². The number of benzene rings is 3. The van der Waals surface area contributed by atoms with E-state index in [1.165, 1.54) is 18.2 Å². The normalized spacial score (nSPS) is 13.8. The summed E-state index contributed by atoms with van der Waals surface area (Å²) < 4.78 is 19.6. The molecule has 0 fully saturated rings. The molecule has 1 N–H and O–H groups in total. The zero-order valence-corrected chi connectivity index (χ0v) is 19.1. The largest absolute Gasteiger partial charge is 0.491 e. The van der Waals surface area contributed by atoms with E-state index in [-0.39, 0.29) is 23.1 Å². The number of nitrogens with one attached hydrogen (secondary N) is 1. The molecule has 1 aliphatic rings. The molecule has 1 aliphatic heterocycles. The molecular weight excluding hydrogens is 443 g/mol. The first kappa shape index (κ1) is 22.6. The summed E-state index contributed by atoms with van der Waals surface area (Å²) >= 11 is 6.15. The first-order chi connectivity index (χ1) is 15.7. The predicted octanol–water partition coefficient (Wildman–Crippen LogP) is 5.97. The van der Waals surface area contributed by atoms with Gasteiger partial charge in [-0.05, 0) is 74.4 Å². The minimum Gasteiger partial charge on any atom is -0.491 e. The molecule has 7 heteroatoms. The van der Waals surface area contributed by atoms with Gasteiger partial charge in [0.05, 0.1) is 17.4 Å². The second kappa shape index (κ2) is 9.08. The number of carbonyl (C=O) groups excluding carboxylic acids is 2. The van der Waals surface area contributed by atoms with Crippen molar-refractivity contribution in [3.63, 3.8) is 0 Å². The molecule has 0 radical (unpaired) electrons. The lowest BCUT2D eigenvalue weighted by Gasteiger charge is -2.16. The Hall–Kier alpha value is -3.64. The van der Waals surface area contributed by atoms with Gasteiger partial charge in [0.15, 0.2) is 0 Å². The van der Waals surface area contributed by atoms with Crippen LogP contribution in [0.5, 0.6) is 5.75 Å². The number of hydrogen-bond donors (Lipinski definition) is 1. The molecule has 0 unspecified atom stereocenters. The minimum absolute atomic E-state index is 0.00347. The van der Waals surface area contributed by atoms with Gasteiger partial charge in [0.1, 0.15) is 17.3 Å². The number of amides is 2. The zero-order chi connectivity index (χ0) is 23.7. The quantitative estimate of drug-likeness (QED) is 0.456. The van der Waals surface area contributed by atoms with Gasteiger partial charge < -0.3 is 10.1 Å². The third kappa shape index (κ3) is 4.61. The Morgan fingerprint density at radius 2 is 1.70 bits per heavy atom. The molecule has 5 nitrogen and oxygen atoms in total. The van der Waals surface area contributed by atoms with Gasteiger partial charge in [-0.3, -0.25) is 9.59 Å². The summed E-state index contributed by atoms with van der Waals surface area (Å²) in [5.74, 6) is -1.03. The number of ether oxygens (including phenoxy) is 1. The number of carbonyl (C=O) groups is 2. The van der Waals surface area contributed by atoms with E-state index in [0.717, 1.165) is 16.5 Å². The lowest BCUT2D eigenvalue weighted by atomic mass is 10.0. The van der Waals surface area contributed by atoms with E-state index in [4.69, 9.17) is 16.3 Å². The molecular formula is C26H22ClFN2O3. The van der Waals surface area contributed by atoms with Crippen LogP contribution in [-0.2, 0) is 9.59 Å². The van der Waals surface area contributed by atoms with Gasteiger partial charge in [0.2, 0.25) is 0 Å². The van der Waals surface area contributed by atoms with E-state index in [0.29, 0.717) is 22.0 Å². The lowest BCUT2D eigenvalue weighted by Crippen LogP contribution is -2.32. The Morgan fingerprint density at radius 1 is 0.970 bits per heavy atom. The Morgan fingerprint density at radius 3 is 2.36 bits per heavy atom. The van der Waals surface area contributed by atoms with E-state index in [9.17, 15) is 14.0 Å². The molecule has 2 amide bonds. The summed E-state index contributed by atoms with van der Waals surface area (Å²) in [5.41, 5.74) is 2.40. The fraction of sp³-hybridized carbons (Fsp3) is 0.154. The number of rotatable bonds is 6. The number of nitrogens with zero attached hydrogens (tertiary/aromatic N) is 1. The van der Waals surface area contributed by atoms with Crippen LogP contribution in [0.2, 0.25) is 5.02 Å². The van der Waals surface area contributed by atoms with Crippen molar-refractivity contribution in [1.29, 1.82) is 0 Å². The number of anilines is 2. The summed E-state index contributed by atoms with van der Waals surface area (Å²) in [6.45, 7) is 5.70. The lowest BCUT2D eigenvalue weighted by molar-refractivity contribution is -0.120. The van der Waals surface area contributed by atoms with Gasteiger partial charge >= 0.3 is 0 Å². The summed E-state index contributed by atoms with van der Waals surface area (Å²) in [7, 11) is 0. The van der Waals surface area contributed by atoms with Crippen LogP contribution in [0.1, 0.15) is 25.0 Å². The van der Waals surface area contributed by atoms with Gasteiger partial charge in [0.25, 0.3) is 11.8 Å². The molecule has 0 saturated carbocycles. The minimum atomic E-state index is -0.581. The highest BCUT2D eigenvalue weighted by Crippen LogP contribution is 2.35. The average molecular weight is 465 g/mol. The molecule has 4 rings (SSSR count). The van der Waals surface area contributed by atoms with Crippen molar-refractivity contribution in [1.82, 2.24) is 0 Å². The van der Waals surface area contributed by atoms with Gasteiger partial charge in [0, 0.05) is 10.7 Å². The monoisotopic (exact) mass is 464 g/mol. The van der Waals surface area contributed by atoms with Gasteiger partial charge in [-0.2, -0.15) is 0 Å². The summed E-state index contributed by atoms with van der Waals surface area (Å²) in [6, 6.07) is 17.5. The molecule has 0 atom stereocenters. The summed E-state index contributed by atoms with van der Waals surface area (Å²) in [4.78, 5) is 27.9. The molecule has 0 aliphatic carbocycles.